The van der Waals surface area contributed by atoms with Gasteiger partial charge in [-0.15, -0.1) is 0 Å². The molecule has 2 aromatic rings. The van der Waals surface area contributed by atoms with Gasteiger partial charge in [-0.1, -0.05) is 43.3 Å². The third-order valence-electron chi connectivity index (χ3n) is 3.64. The van der Waals surface area contributed by atoms with Gasteiger partial charge in [-0.2, -0.15) is 0 Å². The normalized spacial score (nSPS) is 12.1. The van der Waals surface area contributed by atoms with Crippen molar-refractivity contribution >= 4 is 0 Å². The second-order valence-electron chi connectivity index (χ2n) is 5.49. The Kier molecular flexibility index (Phi) is 5.82. The van der Waals surface area contributed by atoms with Crippen molar-refractivity contribution in [2.24, 2.45) is 0 Å². The van der Waals surface area contributed by atoms with Crippen molar-refractivity contribution in [3.8, 4) is 16.9 Å². The van der Waals surface area contributed by atoms with Gasteiger partial charge in [-0.05, 0) is 55.1 Å². The first kappa shape index (κ1) is 15.6. The van der Waals surface area contributed by atoms with E-state index < -0.39 is 0 Å². The van der Waals surface area contributed by atoms with Gasteiger partial charge < -0.3 is 10.1 Å². The summed E-state index contributed by atoms with van der Waals surface area (Å²) in [5.74, 6) is 0.897. The molecule has 2 heteroatoms. The highest BCUT2D eigenvalue weighted by atomic mass is 16.5. The number of ether oxygens (including phenoxy) is 1. The van der Waals surface area contributed by atoms with Gasteiger partial charge in [0.2, 0.25) is 0 Å². The van der Waals surface area contributed by atoms with Crippen LogP contribution in [0.2, 0.25) is 0 Å². The molecule has 1 atom stereocenters. The number of hydrogen-bond acceptors (Lipinski definition) is 2. The Morgan fingerprint density at radius 3 is 2.48 bits per heavy atom. The summed E-state index contributed by atoms with van der Waals surface area (Å²) < 4.78 is 5.28. The molecule has 2 nitrogen and oxygen atoms in total. The van der Waals surface area contributed by atoms with E-state index in [0.29, 0.717) is 6.04 Å². The molecule has 0 aliphatic rings. The minimum absolute atomic E-state index is 0.521. The quantitative estimate of drug-likeness (QED) is 0.818. The molecular weight excluding hydrogens is 258 g/mol. The third kappa shape index (κ3) is 4.61. The van der Waals surface area contributed by atoms with Crippen LogP contribution in [0.15, 0.2) is 48.5 Å². The Hall–Kier alpha value is -1.80. The van der Waals surface area contributed by atoms with Crippen molar-refractivity contribution in [2.75, 3.05) is 13.7 Å². The molecule has 1 N–H and O–H groups in total. The first-order valence-electron chi connectivity index (χ1n) is 7.69. The van der Waals surface area contributed by atoms with Crippen LogP contribution in [-0.2, 0) is 6.42 Å². The van der Waals surface area contributed by atoms with Gasteiger partial charge in [0.1, 0.15) is 5.75 Å². The zero-order valence-corrected chi connectivity index (χ0v) is 13.2. The van der Waals surface area contributed by atoms with Crippen LogP contribution < -0.4 is 10.1 Å². The highest BCUT2D eigenvalue weighted by Crippen LogP contribution is 2.24. The van der Waals surface area contributed by atoms with Crippen LogP contribution in [0.4, 0.5) is 0 Å². The molecule has 112 valence electrons. The molecule has 2 aromatic carbocycles. The number of rotatable bonds is 7. The zero-order chi connectivity index (χ0) is 15.1. The molecule has 0 saturated carbocycles. The molecule has 0 aliphatic heterocycles. The molecule has 0 aromatic heterocycles. The van der Waals surface area contributed by atoms with Gasteiger partial charge in [-0.3, -0.25) is 0 Å². The van der Waals surface area contributed by atoms with Crippen molar-refractivity contribution in [3.05, 3.63) is 54.1 Å². The Balaban J connectivity index is 2.04. The minimum atomic E-state index is 0.521. The topological polar surface area (TPSA) is 21.3 Å². The summed E-state index contributed by atoms with van der Waals surface area (Å²) in [7, 11) is 1.70. The van der Waals surface area contributed by atoms with E-state index in [-0.39, 0.29) is 0 Å². The van der Waals surface area contributed by atoms with Crippen LogP contribution >= 0.6 is 0 Å². The highest BCUT2D eigenvalue weighted by Gasteiger charge is 2.04. The Morgan fingerprint density at radius 2 is 1.81 bits per heavy atom. The summed E-state index contributed by atoms with van der Waals surface area (Å²) in [6.07, 6.45) is 2.25. The molecule has 0 spiro atoms. The average molecular weight is 283 g/mol. The van der Waals surface area contributed by atoms with Gasteiger partial charge in [0.05, 0.1) is 7.11 Å². The lowest BCUT2D eigenvalue weighted by molar-refractivity contribution is 0.415. The van der Waals surface area contributed by atoms with Crippen LogP contribution in [0.25, 0.3) is 11.1 Å². The van der Waals surface area contributed by atoms with Crippen LogP contribution in [0, 0.1) is 0 Å². The summed E-state index contributed by atoms with van der Waals surface area (Å²) in [5, 5.41) is 3.53. The van der Waals surface area contributed by atoms with E-state index >= 15 is 0 Å². The summed E-state index contributed by atoms with van der Waals surface area (Å²) >= 11 is 0. The molecular formula is C19H25NO. The number of hydrogen-bond donors (Lipinski definition) is 1. The fourth-order valence-electron chi connectivity index (χ4n) is 2.45. The maximum absolute atomic E-state index is 5.28. The molecule has 2 rings (SSSR count). The van der Waals surface area contributed by atoms with E-state index in [0.717, 1.165) is 18.7 Å². The largest absolute Gasteiger partial charge is 0.497 e. The van der Waals surface area contributed by atoms with Crippen LogP contribution in [0.5, 0.6) is 5.75 Å². The second kappa shape index (κ2) is 7.84. The maximum atomic E-state index is 5.28. The maximum Gasteiger partial charge on any atom is 0.119 e. The van der Waals surface area contributed by atoms with Gasteiger partial charge in [-0.25, -0.2) is 0 Å². The molecule has 0 bridgehead atoms. The number of benzene rings is 2. The number of methoxy groups -OCH3 is 1. The van der Waals surface area contributed by atoms with Crippen molar-refractivity contribution in [2.45, 2.75) is 32.7 Å². The summed E-state index contributed by atoms with van der Waals surface area (Å²) in [4.78, 5) is 0. The Bertz CT molecular complexity index is 548. The van der Waals surface area contributed by atoms with E-state index in [1.165, 1.54) is 23.1 Å². The van der Waals surface area contributed by atoms with E-state index in [4.69, 9.17) is 4.74 Å². The Labute approximate surface area is 128 Å². The van der Waals surface area contributed by atoms with Crippen LogP contribution in [0.1, 0.15) is 25.8 Å². The van der Waals surface area contributed by atoms with Crippen molar-refractivity contribution in [1.29, 1.82) is 0 Å². The average Bonchev–Trinajstić information content (AvgIpc) is 2.53. The first-order valence-corrected chi connectivity index (χ1v) is 7.69. The van der Waals surface area contributed by atoms with Crippen molar-refractivity contribution < 1.29 is 4.74 Å². The van der Waals surface area contributed by atoms with Gasteiger partial charge in [0.25, 0.3) is 0 Å². The fraction of sp³-hybridized carbons (Fsp3) is 0.368. The standard InChI is InChI=1S/C19H25NO/c1-4-12-20-15(2)13-16-8-10-17(11-9-16)18-6-5-7-19(14-18)21-3/h5-11,14-15,20H,4,12-13H2,1-3H3. The highest BCUT2D eigenvalue weighted by molar-refractivity contribution is 5.65. The van der Waals surface area contributed by atoms with E-state index in [1.54, 1.807) is 7.11 Å². The lowest BCUT2D eigenvalue weighted by Crippen LogP contribution is -2.28. The molecule has 1 unspecified atom stereocenters. The molecule has 0 aliphatic carbocycles. The molecule has 21 heavy (non-hydrogen) atoms. The molecule has 0 saturated heterocycles. The predicted octanol–water partition coefficient (Wildman–Crippen LogP) is 4.29. The SMILES string of the molecule is CCCNC(C)Cc1ccc(-c2cccc(OC)c2)cc1. The van der Waals surface area contributed by atoms with E-state index in [2.05, 4.69) is 55.6 Å². The molecule has 0 radical (unpaired) electrons. The van der Waals surface area contributed by atoms with E-state index in [1.807, 2.05) is 12.1 Å². The van der Waals surface area contributed by atoms with E-state index in [9.17, 15) is 0 Å². The first-order chi connectivity index (χ1) is 10.2. The third-order valence-corrected chi connectivity index (χ3v) is 3.64. The van der Waals surface area contributed by atoms with Gasteiger partial charge in [0, 0.05) is 6.04 Å². The lowest BCUT2D eigenvalue weighted by atomic mass is 10.0. The number of nitrogens with one attached hydrogen (secondary N) is 1. The Morgan fingerprint density at radius 1 is 1.05 bits per heavy atom. The summed E-state index contributed by atoms with van der Waals surface area (Å²) in [6.45, 7) is 5.53. The van der Waals surface area contributed by atoms with Crippen molar-refractivity contribution in [1.82, 2.24) is 5.32 Å². The molecule has 0 heterocycles. The van der Waals surface area contributed by atoms with Gasteiger partial charge in [0.15, 0.2) is 0 Å². The lowest BCUT2D eigenvalue weighted by Gasteiger charge is -2.13. The zero-order valence-electron chi connectivity index (χ0n) is 13.2. The molecule has 0 amide bonds. The molecule has 0 fully saturated rings. The van der Waals surface area contributed by atoms with Crippen molar-refractivity contribution in [3.63, 3.8) is 0 Å². The minimum Gasteiger partial charge on any atom is -0.497 e. The predicted molar refractivity (Wildman–Crippen MR) is 89.9 cm³/mol. The fourth-order valence-corrected chi connectivity index (χ4v) is 2.45. The second-order valence-corrected chi connectivity index (χ2v) is 5.49. The van der Waals surface area contributed by atoms with Crippen LogP contribution in [-0.4, -0.2) is 19.7 Å². The summed E-state index contributed by atoms with van der Waals surface area (Å²) in [5.41, 5.74) is 3.79. The smallest absolute Gasteiger partial charge is 0.119 e. The monoisotopic (exact) mass is 283 g/mol. The van der Waals surface area contributed by atoms with Crippen LogP contribution in [0.3, 0.4) is 0 Å². The van der Waals surface area contributed by atoms with Gasteiger partial charge >= 0.3 is 0 Å². The summed E-state index contributed by atoms with van der Waals surface area (Å²) in [6, 6.07) is 17.5.